The maximum absolute atomic E-state index is 11.8. The van der Waals surface area contributed by atoms with Gasteiger partial charge in [-0.25, -0.2) is 19.4 Å². The summed E-state index contributed by atoms with van der Waals surface area (Å²) in [5, 5.41) is 9.84. The molecular formula is C17H20IN7O2. The first-order chi connectivity index (χ1) is 13.1. The summed E-state index contributed by atoms with van der Waals surface area (Å²) in [6, 6.07) is 0.534. The van der Waals surface area contributed by atoms with Crippen LogP contribution in [0.3, 0.4) is 0 Å². The number of hydrogen-bond acceptors (Lipinski definition) is 7. The molecule has 2 N–H and O–H groups in total. The Kier molecular flexibility index (Phi) is 4.98. The van der Waals surface area contributed by atoms with Crippen molar-refractivity contribution < 1.29 is 9.53 Å². The zero-order chi connectivity index (χ0) is 19.0. The molecule has 0 unspecified atom stereocenters. The van der Waals surface area contributed by atoms with Gasteiger partial charge in [0.1, 0.15) is 15.8 Å². The molecule has 0 aromatic carbocycles. The SMILES string of the molecule is CCOC(=O)c1cnn([C@H]2CC[C@@H](n3nc(I)c4c(N)ncnc43)CC2)c1. The number of anilines is 1. The van der Waals surface area contributed by atoms with Gasteiger partial charge in [0.15, 0.2) is 5.65 Å². The Bertz CT molecular complexity index is 975. The van der Waals surface area contributed by atoms with Gasteiger partial charge in [0, 0.05) is 6.20 Å². The van der Waals surface area contributed by atoms with E-state index in [1.807, 2.05) is 9.36 Å². The Labute approximate surface area is 169 Å². The standard InChI is InChI=1S/C17H20IN7O2/c1-2-27-17(26)10-7-22-24(8-10)11-3-5-12(6-4-11)25-16-13(14(18)23-25)15(19)20-9-21-16/h7-9,11-12H,2-6H2,1H3,(H2,19,20,21)/t11-,12+. The van der Waals surface area contributed by atoms with E-state index in [0.29, 0.717) is 18.0 Å². The van der Waals surface area contributed by atoms with Crippen LogP contribution in [-0.4, -0.2) is 42.1 Å². The summed E-state index contributed by atoms with van der Waals surface area (Å²) < 4.78 is 9.72. The fourth-order valence-corrected chi connectivity index (χ4v) is 4.38. The van der Waals surface area contributed by atoms with Gasteiger partial charge in [0.05, 0.1) is 35.8 Å². The summed E-state index contributed by atoms with van der Waals surface area (Å²) in [7, 11) is 0. The normalized spacial score (nSPS) is 20.1. The number of rotatable bonds is 4. The van der Waals surface area contributed by atoms with Crippen LogP contribution in [0.4, 0.5) is 5.82 Å². The van der Waals surface area contributed by atoms with Crippen molar-refractivity contribution in [3.63, 3.8) is 0 Å². The van der Waals surface area contributed by atoms with E-state index in [2.05, 4.69) is 42.8 Å². The summed E-state index contributed by atoms with van der Waals surface area (Å²) in [4.78, 5) is 20.3. The van der Waals surface area contributed by atoms with Crippen LogP contribution in [0.15, 0.2) is 18.7 Å². The lowest BCUT2D eigenvalue weighted by Crippen LogP contribution is -2.22. The molecule has 0 amide bonds. The lowest BCUT2D eigenvalue weighted by molar-refractivity contribution is 0.0526. The highest BCUT2D eigenvalue weighted by molar-refractivity contribution is 14.1. The van der Waals surface area contributed by atoms with E-state index in [1.54, 1.807) is 19.3 Å². The Morgan fingerprint density at radius 3 is 2.78 bits per heavy atom. The van der Waals surface area contributed by atoms with Gasteiger partial charge in [-0.3, -0.25) is 4.68 Å². The fourth-order valence-electron chi connectivity index (χ4n) is 3.63. The number of hydrogen-bond donors (Lipinski definition) is 1. The number of nitrogen functional groups attached to an aromatic ring is 1. The molecule has 4 rings (SSSR count). The van der Waals surface area contributed by atoms with E-state index in [4.69, 9.17) is 10.5 Å². The van der Waals surface area contributed by atoms with Gasteiger partial charge >= 0.3 is 5.97 Å². The summed E-state index contributed by atoms with van der Waals surface area (Å²) in [6.07, 6.45) is 8.65. The average molecular weight is 481 g/mol. The predicted octanol–water partition coefficient (Wildman–Crippen LogP) is 2.74. The number of carbonyl (C=O) groups is 1. The van der Waals surface area contributed by atoms with Gasteiger partial charge in [-0.15, -0.1) is 0 Å². The summed E-state index contributed by atoms with van der Waals surface area (Å²) >= 11 is 2.18. The van der Waals surface area contributed by atoms with E-state index in [0.717, 1.165) is 40.4 Å². The van der Waals surface area contributed by atoms with Crippen LogP contribution in [0.1, 0.15) is 55.0 Å². The summed E-state index contributed by atoms with van der Waals surface area (Å²) in [5.74, 6) is 0.139. The zero-order valence-corrected chi connectivity index (χ0v) is 17.0. The Hall–Kier alpha value is -2.24. The first-order valence-electron chi connectivity index (χ1n) is 8.94. The van der Waals surface area contributed by atoms with Gasteiger partial charge < -0.3 is 10.5 Å². The fraction of sp³-hybridized carbons (Fsp3) is 0.471. The van der Waals surface area contributed by atoms with Crippen LogP contribution >= 0.6 is 22.6 Å². The van der Waals surface area contributed by atoms with Crippen molar-refractivity contribution in [3.8, 4) is 0 Å². The van der Waals surface area contributed by atoms with Crippen LogP contribution < -0.4 is 5.73 Å². The third-order valence-electron chi connectivity index (χ3n) is 4.97. The number of nitrogens with two attached hydrogens (primary N) is 1. The van der Waals surface area contributed by atoms with Crippen LogP contribution in [0.5, 0.6) is 0 Å². The van der Waals surface area contributed by atoms with E-state index in [-0.39, 0.29) is 18.1 Å². The molecule has 0 spiro atoms. The molecule has 0 bridgehead atoms. The molecule has 3 heterocycles. The first kappa shape index (κ1) is 18.1. The monoisotopic (exact) mass is 481 g/mol. The molecule has 3 aromatic heterocycles. The van der Waals surface area contributed by atoms with Crippen LogP contribution in [0.2, 0.25) is 0 Å². The molecule has 1 aliphatic rings. The molecule has 0 atom stereocenters. The highest BCUT2D eigenvalue weighted by Gasteiger charge is 2.27. The molecule has 3 aromatic rings. The van der Waals surface area contributed by atoms with E-state index in [9.17, 15) is 4.79 Å². The Morgan fingerprint density at radius 1 is 1.30 bits per heavy atom. The second-order valence-electron chi connectivity index (χ2n) is 6.58. The third-order valence-corrected chi connectivity index (χ3v) is 5.73. The number of halogens is 1. The minimum Gasteiger partial charge on any atom is -0.462 e. The van der Waals surface area contributed by atoms with E-state index in [1.165, 1.54) is 6.33 Å². The highest BCUT2D eigenvalue weighted by Crippen LogP contribution is 2.36. The van der Waals surface area contributed by atoms with Crippen LogP contribution in [0, 0.1) is 3.70 Å². The van der Waals surface area contributed by atoms with Crippen molar-refractivity contribution in [2.75, 3.05) is 12.3 Å². The molecule has 142 valence electrons. The van der Waals surface area contributed by atoms with Crippen molar-refractivity contribution >= 4 is 45.4 Å². The average Bonchev–Trinajstić information content (AvgIpc) is 3.28. The molecule has 0 radical (unpaired) electrons. The van der Waals surface area contributed by atoms with Gasteiger partial charge in [0.2, 0.25) is 0 Å². The predicted molar refractivity (Wildman–Crippen MR) is 107 cm³/mol. The summed E-state index contributed by atoms with van der Waals surface area (Å²) in [6.45, 7) is 2.15. The summed E-state index contributed by atoms with van der Waals surface area (Å²) in [5.41, 5.74) is 7.28. The molecule has 9 nitrogen and oxygen atoms in total. The smallest absolute Gasteiger partial charge is 0.341 e. The number of carbonyl (C=O) groups excluding carboxylic acids is 1. The zero-order valence-electron chi connectivity index (χ0n) is 14.9. The molecule has 27 heavy (non-hydrogen) atoms. The van der Waals surface area contributed by atoms with Crippen molar-refractivity contribution in [1.29, 1.82) is 0 Å². The number of fused-ring (bicyclic) bond motifs is 1. The second-order valence-corrected chi connectivity index (χ2v) is 7.61. The lowest BCUT2D eigenvalue weighted by atomic mass is 9.91. The Morgan fingerprint density at radius 2 is 2.04 bits per heavy atom. The number of ether oxygens (including phenoxy) is 1. The van der Waals surface area contributed by atoms with Crippen molar-refractivity contribution in [1.82, 2.24) is 29.5 Å². The van der Waals surface area contributed by atoms with Crippen LogP contribution in [0.25, 0.3) is 11.0 Å². The molecule has 0 saturated heterocycles. The Balaban J connectivity index is 1.48. The molecule has 1 saturated carbocycles. The van der Waals surface area contributed by atoms with Gasteiger partial charge in [-0.2, -0.15) is 10.2 Å². The maximum atomic E-state index is 11.8. The van der Waals surface area contributed by atoms with Crippen molar-refractivity contribution in [3.05, 3.63) is 28.0 Å². The van der Waals surface area contributed by atoms with E-state index < -0.39 is 0 Å². The molecule has 1 aliphatic carbocycles. The van der Waals surface area contributed by atoms with Gasteiger partial charge in [0.25, 0.3) is 0 Å². The number of nitrogens with zero attached hydrogens (tertiary/aromatic N) is 6. The van der Waals surface area contributed by atoms with Gasteiger partial charge in [-0.1, -0.05) is 0 Å². The minimum atomic E-state index is -0.327. The van der Waals surface area contributed by atoms with Gasteiger partial charge in [-0.05, 0) is 55.2 Å². The second kappa shape index (κ2) is 7.41. The maximum Gasteiger partial charge on any atom is 0.341 e. The third kappa shape index (κ3) is 3.37. The largest absolute Gasteiger partial charge is 0.462 e. The van der Waals surface area contributed by atoms with E-state index >= 15 is 0 Å². The molecule has 10 heteroatoms. The van der Waals surface area contributed by atoms with Crippen molar-refractivity contribution in [2.45, 2.75) is 44.7 Å². The molecular weight excluding hydrogens is 461 g/mol. The number of esters is 1. The molecule has 0 aliphatic heterocycles. The lowest BCUT2D eigenvalue weighted by Gasteiger charge is -2.29. The number of aromatic nitrogens is 6. The van der Waals surface area contributed by atoms with Crippen molar-refractivity contribution in [2.24, 2.45) is 0 Å². The quantitative estimate of drug-likeness (QED) is 0.450. The first-order valence-corrected chi connectivity index (χ1v) is 10.0. The molecule has 1 fully saturated rings. The topological polar surface area (TPSA) is 114 Å². The minimum absolute atomic E-state index is 0.265. The van der Waals surface area contributed by atoms with Crippen LogP contribution in [-0.2, 0) is 4.74 Å². The highest BCUT2D eigenvalue weighted by atomic mass is 127.